The minimum absolute atomic E-state index is 0.0584. The molecule has 1 saturated carbocycles. The predicted molar refractivity (Wildman–Crippen MR) is 87.3 cm³/mol. The van der Waals surface area contributed by atoms with Gasteiger partial charge in [-0.15, -0.1) is 0 Å². The van der Waals surface area contributed by atoms with Gasteiger partial charge in [0.2, 0.25) is 5.91 Å². The molecule has 0 heterocycles. The number of nitrogens with one attached hydrogen (secondary N) is 1. The van der Waals surface area contributed by atoms with Crippen LogP contribution in [0.4, 0.5) is 5.69 Å². The summed E-state index contributed by atoms with van der Waals surface area (Å²) in [5.41, 5.74) is 1.63. The summed E-state index contributed by atoms with van der Waals surface area (Å²) in [5, 5.41) is 2.70. The van der Waals surface area contributed by atoms with E-state index in [4.69, 9.17) is 4.74 Å². The van der Waals surface area contributed by atoms with E-state index in [1.165, 1.54) is 19.4 Å². The van der Waals surface area contributed by atoms with Crippen molar-refractivity contribution < 1.29 is 14.3 Å². The lowest BCUT2D eigenvalue weighted by atomic mass is 9.89. The lowest BCUT2D eigenvalue weighted by Crippen LogP contribution is -2.23. The first-order valence-electron chi connectivity index (χ1n) is 7.79. The molecule has 2 atom stereocenters. The number of esters is 1. The molecule has 4 heteroatoms. The molecular formula is C18H23NO3. The highest BCUT2D eigenvalue weighted by molar-refractivity contribution is 5.89. The Morgan fingerprint density at radius 3 is 2.59 bits per heavy atom. The molecule has 1 fully saturated rings. The van der Waals surface area contributed by atoms with Gasteiger partial charge < -0.3 is 10.1 Å². The molecule has 4 nitrogen and oxygen atoms in total. The average molecular weight is 301 g/mol. The Labute approximate surface area is 131 Å². The van der Waals surface area contributed by atoms with Gasteiger partial charge in [0.1, 0.15) is 6.10 Å². The predicted octanol–water partition coefficient (Wildman–Crippen LogP) is 3.78. The monoisotopic (exact) mass is 301 g/mol. The summed E-state index contributed by atoms with van der Waals surface area (Å²) >= 11 is 0. The fraction of sp³-hybridized carbons (Fsp3) is 0.444. The summed E-state index contributed by atoms with van der Waals surface area (Å²) in [5.74, 6) is 0.246. The summed E-state index contributed by atoms with van der Waals surface area (Å²) in [7, 11) is 0. The number of hydrogen-bond donors (Lipinski definition) is 1. The van der Waals surface area contributed by atoms with Gasteiger partial charge in [0.15, 0.2) is 0 Å². The van der Waals surface area contributed by atoms with Crippen LogP contribution in [0.2, 0.25) is 0 Å². The first kappa shape index (κ1) is 16.3. The van der Waals surface area contributed by atoms with Crippen molar-refractivity contribution in [3.05, 3.63) is 35.9 Å². The molecule has 1 aromatic rings. The highest BCUT2D eigenvalue weighted by Gasteiger charge is 2.21. The smallest absolute Gasteiger partial charge is 0.331 e. The molecule has 1 aliphatic rings. The second-order valence-electron chi connectivity index (χ2n) is 5.97. The van der Waals surface area contributed by atoms with E-state index in [0.717, 1.165) is 30.5 Å². The Kier molecular flexibility index (Phi) is 5.75. The molecule has 0 radical (unpaired) electrons. The normalized spacial score (nSPS) is 21.5. The Bertz CT molecular complexity index is 548. The van der Waals surface area contributed by atoms with Crippen molar-refractivity contribution in [2.24, 2.45) is 5.92 Å². The summed E-state index contributed by atoms with van der Waals surface area (Å²) < 4.78 is 5.48. The fourth-order valence-electron chi connectivity index (χ4n) is 2.73. The Morgan fingerprint density at radius 2 is 1.95 bits per heavy atom. The van der Waals surface area contributed by atoms with Gasteiger partial charge in [-0.05, 0) is 49.0 Å². The van der Waals surface area contributed by atoms with Crippen LogP contribution >= 0.6 is 0 Å². The van der Waals surface area contributed by atoms with Crippen LogP contribution in [0, 0.1) is 5.92 Å². The van der Waals surface area contributed by atoms with Gasteiger partial charge in [-0.25, -0.2) is 4.79 Å². The van der Waals surface area contributed by atoms with Crippen LogP contribution in [0.3, 0.4) is 0 Å². The molecule has 1 aromatic carbocycles. The van der Waals surface area contributed by atoms with Crippen LogP contribution in [0.1, 0.15) is 45.1 Å². The third kappa shape index (κ3) is 5.35. The van der Waals surface area contributed by atoms with Crippen molar-refractivity contribution in [2.45, 2.75) is 45.6 Å². The van der Waals surface area contributed by atoms with Gasteiger partial charge in [-0.2, -0.15) is 0 Å². The first-order chi connectivity index (χ1) is 10.5. The van der Waals surface area contributed by atoms with Crippen LogP contribution in [0.5, 0.6) is 0 Å². The van der Waals surface area contributed by atoms with Crippen molar-refractivity contribution in [3.8, 4) is 0 Å². The number of benzene rings is 1. The number of carbonyl (C=O) groups excluding carboxylic acids is 2. The lowest BCUT2D eigenvalue weighted by molar-refractivity contribution is -0.144. The Morgan fingerprint density at radius 1 is 1.23 bits per heavy atom. The summed E-state index contributed by atoms with van der Waals surface area (Å²) in [4.78, 5) is 22.8. The zero-order chi connectivity index (χ0) is 15.9. The van der Waals surface area contributed by atoms with Gasteiger partial charge in [0, 0.05) is 18.7 Å². The lowest BCUT2D eigenvalue weighted by Gasteiger charge is -2.25. The van der Waals surface area contributed by atoms with Crippen molar-refractivity contribution >= 4 is 23.6 Å². The van der Waals surface area contributed by atoms with E-state index < -0.39 is 0 Å². The topological polar surface area (TPSA) is 55.4 Å². The van der Waals surface area contributed by atoms with Crippen LogP contribution in [0.15, 0.2) is 30.3 Å². The summed E-state index contributed by atoms with van der Waals surface area (Å²) in [6, 6.07) is 7.29. The highest BCUT2D eigenvalue weighted by atomic mass is 16.5. The van der Waals surface area contributed by atoms with E-state index >= 15 is 0 Å². The number of rotatable bonds is 4. The van der Waals surface area contributed by atoms with Crippen LogP contribution in [-0.4, -0.2) is 18.0 Å². The van der Waals surface area contributed by atoms with Gasteiger partial charge >= 0.3 is 5.97 Å². The molecule has 118 valence electrons. The van der Waals surface area contributed by atoms with E-state index in [0.29, 0.717) is 5.92 Å². The summed E-state index contributed by atoms with van der Waals surface area (Å²) in [6.07, 6.45) is 7.54. The maximum Gasteiger partial charge on any atom is 0.331 e. The van der Waals surface area contributed by atoms with Gasteiger partial charge in [-0.1, -0.05) is 25.5 Å². The molecule has 1 aliphatic carbocycles. The van der Waals surface area contributed by atoms with Crippen molar-refractivity contribution in [2.75, 3.05) is 5.32 Å². The summed E-state index contributed by atoms with van der Waals surface area (Å²) in [6.45, 7) is 3.67. The van der Waals surface area contributed by atoms with E-state index in [1.807, 2.05) is 12.1 Å². The number of hydrogen-bond acceptors (Lipinski definition) is 3. The first-order valence-corrected chi connectivity index (χ1v) is 7.79. The largest absolute Gasteiger partial charge is 0.459 e. The number of amides is 1. The van der Waals surface area contributed by atoms with Crippen molar-refractivity contribution in [1.82, 2.24) is 0 Å². The van der Waals surface area contributed by atoms with Crippen LogP contribution in [0.25, 0.3) is 6.08 Å². The zero-order valence-corrected chi connectivity index (χ0v) is 13.2. The molecule has 0 saturated heterocycles. The second kappa shape index (κ2) is 7.78. The number of anilines is 1. The maximum absolute atomic E-state index is 11.8. The SMILES string of the molecule is CC(=O)Nc1ccc(/C=C/C(=O)OC2CCCC(C)C2)cc1. The maximum atomic E-state index is 11.8. The molecule has 0 aromatic heterocycles. The molecule has 0 aliphatic heterocycles. The highest BCUT2D eigenvalue weighted by Crippen LogP contribution is 2.25. The minimum Gasteiger partial charge on any atom is -0.459 e. The Hall–Kier alpha value is -2.10. The Balaban J connectivity index is 1.85. The molecular weight excluding hydrogens is 278 g/mol. The van der Waals surface area contributed by atoms with E-state index in [2.05, 4.69) is 12.2 Å². The van der Waals surface area contributed by atoms with E-state index in [9.17, 15) is 9.59 Å². The molecule has 2 unspecified atom stereocenters. The molecule has 1 N–H and O–H groups in total. The number of carbonyl (C=O) groups is 2. The molecule has 22 heavy (non-hydrogen) atoms. The molecule has 0 bridgehead atoms. The third-order valence-corrected chi connectivity index (χ3v) is 3.81. The quantitative estimate of drug-likeness (QED) is 0.680. The third-order valence-electron chi connectivity index (χ3n) is 3.81. The van der Waals surface area contributed by atoms with Gasteiger partial charge in [0.05, 0.1) is 0 Å². The molecule has 1 amide bonds. The van der Waals surface area contributed by atoms with E-state index in [1.54, 1.807) is 18.2 Å². The molecule has 2 rings (SSSR count). The van der Waals surface area contributed by atoms with Crippen molar-refractivity contribution in [1.29, 1.82) is 0 Å². The minimum atomic E-state index is -0.287. The van der Waals surface area contributed by atoms with Crippen LogP contribution < -0.4 is 5.32 Å². The zero-order valence-electron chi connectivity index (χ0n) is 13.2. The van der Waals surface area contributed by atoms with E-state index in [-0.39, 0.29) is 18.0 Å². The number of ether oxygens (including phenoxy) is 1. The van der Waals surface area contributed by atoms with Crippen molar-refractivity contribution in [3.63, 3.8) is 0 Å². The van der Waals surface area contributed by atoms with Gasteiger partial charge in [0.25, 0.3) is 0 Å². The average Bonchev–Trinajstić information content (AvgIpc) is 2.46. The van der Waals surface area contributed by atoms with Gasteiger partial charge in [-0.3, -0.25) is 4.79 Å². The molecule has 0 spiro atoms. The second-order valence-corrected chi connectivity index (χ2v) is 5.97. The van der Waals surface area contributed by atoms with Crippen LogP contribution in [-0.2, 0) is 14.3 Å². The standard InChI is InChI=1S/C18H23NO3/c1-13-4-3-5-17(12-13)22-18(21)11-8-15-6-9-16(10-7-15)19-14(2)20/h6-11,13,17H,3-5,12H2,1-2H3,(H,19,20)/b11-8+. The fourth-order valence-corrected chi connectivity index (χ4v) is 2.73.